The summed E-state index contributed by atoms with van der Waals surface area (Å²) in [5, 5.41) is 8.50. The van der Waals surface area contributed by atoms with Gasteiger partial charge in [-0.05, 0) is 12.3 Å². The molecule has 2 nitrogen and oxygen atoms in total. The average molecular weight is 256 g/mol. The Bertz CT molecular complexity index is 190. The first-order valence-corrected chi connectivity index (χ1v) is 7.88. The Kier molecular flexibility index (Phi) is 12.5. The Labute approximate surface area is 113 Å². The lowest BCUT2D eigenvalue weighted by Crippen LogP contribution is -1.95. The van der Waals surface area contributed by atoms with E-state index >= 15 is 0 Å². The molecule has 18 heavy (non-hydrogen) atoms. The molecular formula is C16H32O2. The first-order chi connectivity index (χ1) is 8.66. The van der Waals surface area contributed by atoms with Crippen LogP contribution in [0.2, 0.25) is 0 Å². The van der Waals surface area contributed by atoms with Crippen molar-refractivity contribution in [1.82, 2.24) is 0 Å². The number of rotatable bonds is 13. The van der Waals surface area contributed by atoms with Gasteiger partial charge in [0.2, 0.25) is 0 Å². The van der Waals surface area contributed by atoms with Crippen LogP contribution in [0.5, 0.6) is 0 Å². The minimum atomic E-state index is -0.656. The number of hydrogen-bond donors (Lipinski definition) is 1. The van der Waals surface area contributed by atoms with Crippen molar-refractivity contribution in [3.8, 4) is 0 Å². The summed E-state index contributed by atoms with van der Waals surface area (Å²) >= 11 is 0. The first-order valence-electron chi connectivity index (χ1n) is 7.88. The Balaban J connectivity index is 3.09. The molecule has 0 spiro atoms. The van der Waals surface area contributed by atoms with Gasteiger partial charge < -0.3 is 5.11 Å². The zero-order chi connectivity index (χ0) is 13.6. The highest BCUT2D eigenvalue weighted by atomic mass is 16.4. The van der Waals surface area contributed by atoms with Crippen molar-refractivity contribution in [2.45, 2.75) is 90.9 Å². The monoisotopic (exact) mass is 256 g/mol. The van der Waals surface area contributed by atoms with E-state index in [1.54, 1.807) is 0 Å². The van der Waals surface area contributed by atoms with Gasteiger partial charge in [-0.25, -0.2) is 0 Å². The van der Waals surface area contributed by atoms with E-state index in [2.05, 4.69) is 13.8 Å². The van der Waals surface area contributed by atoms with Crippen molar-refractivity contribution < 1.29 is 9.90 Å². The molecular weight excluding hydrogens is 224 g/mol. The van der Waals surface area contributed by atoms with E-state index in [9.17, 15) is 4.79 Å². The zero-order valence-electron chi connectivity index (χ0n) is 12.4. The molecule has 0 heterocycles. The molecule has 0 aromatic heterocycles. The molecule has 108 valence electrons. The second-order valence-electron chi connectivity index (χ2n) is 5.65. The van der Waals surface area contributed by atoms with Crippen LogP contribution >= 0.6 is 0 Å². The molecule has 0 aromatic rings. The molecule has 0 aliphatic rings. The van der Waals surface area contributed by atoms with Crippen LogP contribution in [0.15, 0.2) is 0 Å². The highest BCUT2D eigenvalue weighted by Gasteiger charge is 2.01. The number of aliphatic carboxylic acids is 1. The number of carboxylic acids is 1. The SMILES string of the molecule is CCCCC(C)CCCCCCCCCC(=O)O. The molecule has 1 atom stereocenters. The molecule has 0 rings (SSSR count). The van der Waals surface area contributed by atoms with E-state index in [1.165, 1.54) is 57.8 Å². The third kappa shape index (κ3) is 13.5. The highest BCUT2D eigenvalue weighted by molar-refractivity contribution is 5.66. The number of carbonyl (C=O) groups is 1. The lowest BCUT2D eigenvalue weighted by molar-refractivity contribution is -0.137. The van der Waals surface area contributed by atoms with Crippen molar-refractivity contribution in [3.63, 3.8) is 0 Å². The van der Waals surface area contributed by atoms with E-state index in [1.807, 2.05) is 0 Å². The van der Waals surface area contributed by atoms with Gasteiger partial charge in [0, 0.05) is 6.42 Å². The molecule has 1 unspecified atom stereocenters. The lowest BCUT2D eigenvalue weighted by Gasteiger charge is -2.09. The molecule has 0 bridgehead atoms. The quantitative estimate of drug-likeness (QED) is 0.447. The lowest BCUT2D eigenvalue weighted by atomic mass is 9.97. The molecule has 0 amide bonds. The summed E-state index contributed by atoms with van der Waals surface area (Å²) in [6.45, 7) is 4.64. The van der Waals surface area contributed by atoms with Crippen LogP contribution in [0.4, 0.5) is 0 Å². The van der Waals surface area contributed by atoms with Crippen LogP contribution in [0, 0.1) is 5.92 Å². The maximum Gasteiger partial charge on any atom is 0.303 e. The van der Waals surface area contributed by atoms with Gasteiger partial charge in [-0.1, -0.05) is 78.1 Å². The largest absolute Gasteiger partial charge is 0.481 e. The summed E-state index contributed by atoms with van der Waals surface area (Å²) in [6.07, 6.45) is 14.3. The topological polar surface area (TPSA) is 37.3 Å². The summed E-state index contributed by atoms with van der Waals surface area (Å²) in [5.41, 5.74) is 0. The Hall–Kier alpha value is -0.530. The summed E-state index contributed by atoms with van der Waals surface area (Å²) in [6, 6.07) is 0. The van der Waals surface area contributed by atoms with Crippen molar-refractivity contribution in [3.05, 3.63) is 0 Å². The maximum absolute atomic E-state index is 10.3. The van der Waals surface area contributed by atoms with Gasteiger partial charge in [-0.2, -0.15) is 0 Å². The Morgan fingerprint density at radius 1 is 0.889 bits per heavy atom. The van der Waals surface area contributed by atoms with Crippen LogP contribution in [0.3, 0.4) is 0 Å². The molecule has 0 aliphatic heterocycles. The van der Waals surface area contributed by atoms with Crippen molar-refractivity contribution >= 4 is 5.97 Å². The first kappa shape index (κ1) is 17.5. The van der Waals surface area contributed by atoms with Crippen LogP contribution in [-0.2, 0) is 4.79 Å². The second kappa shape index (κ2) is 12.9. The standard InChI is InChI=1S/C16H32O2/c1-3-4-12-15(2)13-10-8-6-5-7-9-11-14-16(17)18/h15H,3-14H2,1-2H3,(H,17,18). The van der Waals surface area contributed by atoms with E-state index in [0.717, 1.165) is 18.8 Å². The summed E-state index contributed by atoms with van der Waals surface area (Å²) in [5.74, 6) is 0.247. The number of unbranched alkanes of at least 4 members (excludes halogenated alkanes) is 7. The smallest absolute Gasteiger partial charge is 0.303 e. The van der Waals surface area contributed by atoms with Gasteiger partial charge in [-0.15, -0.1) is 0 Å². The van der Waals surface area contributed by atoms with Crippen LogP contribution in [0.1, 0.15) is 90.9 Å². The molecule has 0 aliphatic carbocycles. The van der Waals surface area contributed by atoms with Gasteiger partial charge in [0.25, 0.3) is 0 Å². The third-order valence-electron chi connectivity index (χ3n) is 3.64. The van der Waals surface area contributed by atoms with Crippen LogP contribution in [-0.4, -0.2) is 11.1 Å². The molecule has 0 saturated heterocycles. The number of hydrogen-bond acceptors (Lipinski definition) is 1. The summed E-state index contributed by atoms with van der Waals surface area (Å²) in [4.78, 5) is 10.3. The van der Waals surface area contributed by atoms with Gasteiger partial charge in [0.15, 0.2) is 0 Å². The Morgan fingerprint density at radius 3 is 1.94 bits per heavy atom. The van der Waals surface area contributed by atoms with Crippen LogP contribution < -0.4 is 0 Å². The summed E-state index contributed by atoms with van der Waals surface area (Å²) < 4.78 is 0. The molecule has 0 saturated carbocycles. The fourth-order valence-corrected chi connectivity index (χ4v) is 2.35. The normalized spacial score (nSPS) is 12.6. The highest BCUT2D eigenvalue weighted by Crippen LogP contribution is 2.17. The van der Waals surface area contributed by atoms with Gasteiger partial charge in [0.05, 0.1) is 0 Å². The number of carboxylic acid groups (broad SMARTS) is 1. The average Bonchev–Trinajstić information content (AvgIpc) is 2.34. The predicted octanol–water partition coefficient (Wildman–Crippen LogP) is 5.41. The zero-order valence-corrected chi connectivity index (χ0v) is 12.4. The van der Waals surface area contributed by atoms with E-state index in [0.29, 0.717) is 6.42 Å². The molecule has 0 radical (unpaired) electrons. The van der Waals surface area contributed by atoms with Gasteiger partial charge in [-0.3, -0.25) is 4.79 Å². The molecule has 0 aromatic carbocycles. The minimum absolute atomic E-state index is 0.342. The summed E-state index contributed by atoms with van der Waals surface area (Å²) in [7, 11) is 0. The predicted molar refractivity (Wildman–Crippen MR) is 77.9 cm³/mol. The fourth-order valence-electron chi connectivity index (χ4n) is 2.35. The van der Waals surface area contributed by atoms with Gasteiger partial charge >= 0.3 is 5.97 Å². The minimum Gasteiger partial charge on any atom is -0.481 e. The maximum atomic E-state index is 10.3. The van der Waals surface area contributed by atoms with Crippen LogP contribution in [0.25, 0.3) is 0 Å². The van der Waals surface area contributed by atoms with E-state index in [4.69, 9.17) is 5.11 Å². The van der Waals surface area contributed by atoms with Crippen molar-refractivity contribution in [1.29, 1.82) is 0 Å². The van der Waals surface area contributed by atoms with Gasteiger partial charge in [0.1, 0.15) is 0 Å². The molecule has 0 fully saturated rings. The van der Waals surface area contributed by atoms with Crippen molar-refractivity contribution in [2.75, 3.05) is 0 Å². The fraction of sp³-hybridized carbons (Fsp3) is 0.938. The molecule has 2 heteroatoms. The van der Waals surface area contributed by atoms with E-state index < -0.39 is 5.97 Å². The van der Waals surface area contributed by atoms with Crippen molar-refractivity contribution in [2.24, 2.45) is 5.92 Å². The second-order valence-corrected chi connectivity index (χ2v) is 5.65. The Morgan fingerprint density at radius 2 is 1.39 bits per heavy atom. The third-order valence-corrected chi connectivity index (χ3v) is 3.64. The molecule has 1 N–H and O–H groups in total. The van der Waals surface area contributed by atoms with E-state index in [-0.39, 0.29) is 0 Å².